The van der Waals surface area contributed by atoms with E-state index in [-0.39, 0.29) is 0 Å². The molecule has 0 spiro atoms. The van der Waals surface area contributed by atoms with Crippen LogP contribution in [0.2, 0.25) is 0 Å². The van der Waals surface area contributed by atoms with Crippen LogP contribution in [0, 0.1) is 6.92 Å². The Bertz CT molecular complexity index is 675. The van der Waals surface area contributed by atoms with E-state index >= 15 is 0 Å². The lowest BCUT2D eigenvalue weighted by Crippen LogP contribution is -2.38. The van der Waals surface area contributed by atoms with Crippen molar-refractivity contribution in [2.75, 3.05) is 0 Å². The fourth-order valence-electron chi connectivity index (χ4n) is 1.89. The fraction of sp³-hybridized carbons (Fsp3) is 0.143. The molecule has 0 aliphatic carbocycles. The minimum atomic E-state index is 0.430. The van der Waals surface area contributed by atoms with Gasteiger partial charge < -0.3 is 4.74 Å². The second kappa shape index (κ2) is 4.49. The molecule has 4 nitrogen and oxygen atoms in total. The largest absolute Gasteiger partial charge is 0.452 e. The summed E-state index contributed by atoms with van der Waals surface area (Å²) in [6.07, 6.45) is 1.90. The molecule has 0 bridgehead atoms. The first-order valence-corrected chi connectivity index (χ1v) is 5.84. The smallest absolute Gasteiger partial charge is 0.251 e. The average molecular weight is 240 g/mol. The minimum Gasteiger partial charge on any atom is -0.452 e. The second-order valence-corrected chi connectivity index (χ2v) is 4.23. The van der Waals surface area contributed by atoms with Crippen LogP contribution in [0.3, 0.4) is 0 Å². The predicted octanol–water partition coefficient (Wildman–Crippen LogP) is 2.20. The topological polar surface area (TPSA) is 41.8 Å². The Hall–Kier alpha value is -2.36. The molecular formula is C14H14N3O+. The van der Waals surface area contributed by atoms with E-state index in [4.69, 9.17) is 4.74 Å². The molecule has 0 fully saturated rings. The summed E-state index contributed by atoms with van der Waals surface area (Å²) in [5.74, 6) is 0.855. The number of fused-ring (bicyclic) bond motifs is 1. The second-order valence-electron chi connectivity index (χ2n) is 4.23. The van der Waals surface area contributed by atoms with Crippen molar-refractivity contribution in [1.82, 2.24) is 10.3 Å². The molecule has 0 saturated heterocycles. The predicted molar refractivity (Wildman–Crippen MR) is 68.1 cm³/mol. The highest BCUT2D eigenvalue weighted by Gasteiger charge is 2.04. The third kappa shape index (κ3) is 2.18. The number of ether oxygens (including phenoxy) is 1. The molecule has 1 aromatic heterocycles. The molecule has 0 amide bonds. The summed E-state index contributed by atoms with van der Waals surface area (Å²) in [7, 11) is 0. The molecule has 18 heavy (non-hydrogen) atoms. The van der Waals surface area contributed by atoms with Crippen molar-refractivity contribution in [3.8, 4) is 5.75 Å². The first-order valence-electron chi connectivity index (χ1n) is 5.84. The first kappa shape index (κ1) is 10.8. The van der Waals surface area contributed by atoms with Gasteiger partial charge in [-0.1, -0.05) is 35.5 Å². The molecule has 2 aromatic carbocycles. The molecule has 1 N–H and O–H groups in total. The van der Waals surface area contributed by atoms with E-state index in [0.717, 1.165) is 11.4 Å². The summed E-state index contributed by atoms with van der Waals surface area (Å²) in [4.78, 5) is 0. The highest BCUT2D eigenvalue weighted by molar-refractivity contribution is 5.83. The molecule has 0 atom stereocenters. The number of aryl methyl sites for hydroxylation is 1. The van der Waals surface area contributed by atoms with Crippen molar-refractivity contribution < 1.29 is 9.42 Å². The molecule has 0 unspecified atom stereocenters. The van der Waals surface area contributed by atoms with E-state index in [1.807, 2.05) is 37.4 Å². The van der Waals surface area contributed by atoms with E-state index in [9.17, 15) is 0 Å². The Kier molecular flexibility index (Phi) is 2.68. The number of benzene rings is 2. The van der Waals surface area contributed by atoms with Gasteiger partial charge in [-0.2, -0.15) is 0 Å². The summed E-state index contributed by atoms with van der Waals surface area (Å²) in [6, 6.07) is 14.3. The molecule has 90 valence electrons. The molecule has 1 heterocycles. The lowest BCUT2D eigenvalue weighted by Gasteiger charge is -2.04. The maximum Gasteiger partial charge on any atom is 0.251 e. The molecule has 3 rings (SSSR count). The van der Waals surface area contributed by atoms with Gasteiger partial charge in [-0.3, -0.25) is 0 Å². The Morgan fingerprint density at radius 3 is 2.78 bits per heavy atom. The monoisotopic (exact) mass is 240 g/mol. The van der Waals surface area contributed by atoms with Gasteiger partial charge in [0.05, 0.1) is 0 Å². The van der Waals surface area contributed by atoms with Crippen LogP contribution < -0.4 is 9.42 Å². The maximum absolute atomic E-state index is 5.71. The number of nitrogens with zero attached hydrogens (tertiary/aromatic N) is 2. The van der Waals surface area contributed by atoms with Gasteiger partial charge in [-0.25, -0.2) is 0 Å². The molecule has 0 aliphatic rings. The standard InChI is InChI=1S/C14H13N3O/c1-11-9-17(16-15-11)10-18-14-7-6-12-4-2-3-5-13(12)8-14/h2-9H,10H2,1H3/p+1. The highest BCUT2D eigenvalue weighted by atomic mass is 16.5. The van der Waals surface area contributed by atoms with Crippen LogP contribution in [0.5, 0.6) is 5.75 Å². The zero-order valence-electron chi connectivity index (χ0n) is 10.1. The van der Waals surface area contributed by atoms with Crippen LogP contribution in [0.15, 0.2) is 48.7 Å². The number of H-pyrrole nitrogens is 1. The Morgan fingerprint density at radius 1 is 1.17 bits per heavy atom. The Balaban J connectivity index is 1.78. The van der Waals surface area contributed by atoms with Gasteiger partial charge in [0, 0.05) is 12.0 Å². The summed E-state index contributed by atoms with van der Waals surface area (Å²) >= 11 is 0. The summed E-state index contributed by atoms with van der Waals surface area (Å²) in [5, 5.41) is 9.29. The lowest BCUT2D eigenvalue weighted by atomic mass is 10.1. The highest BCUT2D eigenvalue weighted by Crippen LogP contribution is 2.20. The van der Waals surface area contributed by atoms with E-state index in [1.165, 1.54) is 10.8 Å². The van der Waals surface area contributed by atoms with Crippen molar-refractivity contribution >= 4 is 10.8 Å². The van der Waals surface area contributed by atoms with Crippen LogP contribution >= 0.6 is 0 Å². The van der Waals surface area contributed by atoms with Gasteiger partial charge in [-0.15, -0.1) is 4.68 Å². The van der Waals surface area contributed by atoms with E-state index in [2.05, 4.69) is 28.5 Å². The first-order chi connectivity index (χ1) is 8.81. The maximum atomic E-state index is 5.71. The number of aromatic nitrogens is 3. The number of hydrogen-bond donors (Lipinski definition) is 1. The van der Waals surface area contributed by atoms with Gasteiger partial charge in [0.15, 0.2) is 6.20 Å². The van der Waals surface area contributed by atoms with Crippen LogP contribution in [0.25, 0.3) is 10.8 Å². The number of rotatable bonds is 3. The minimum absolute atomic E-state index is 0.430. The van der Waals surface area contributed by atoms with Gasteiger partial charge >= 0.3 is 0 Å². The van der Waals surface area contributed by atoms with Crippen molar-refractivity contribution in [3.63, 3.8) is 0 Å². The van der Waals surface area contributed by atoms with Crippen LogP contribution in [0.1, 0.15) is 5.69 Å². The normalized spacial score (nSPS) is 10.7. The van der Waals surface area contributed by atoms with E-state index in [0.29, 0.717) is 6.73 Å². The number of aromatic amines is 1. The van der Waals surface area contributed by atoms with Crippen LogP contribution in [0.4, 0.5) is 0 Å². The van der Waals surface area contributed by atoms with Gasteiger partial charge in [0.2, 0.25) is 5.69 Å². The zero-order chi connectivity index (χ0) is 12.4. The number of nitrogens with one attached hydrogen (secondary N) is 1. The lowest BCUT2D eigenvalue weighted by molar-refractivity contribution is -0.777. The van der Waals surface area contributed by atoms with Gasteiger partial charge in [-0.05, 0) is 22.9 Å². The third-order valence-corrected chi connectivity index (χ3v) is 2.79. The quantitative estimate of drug-likeness (QED) is 0.713. The molecular weight excluding hydrogens is 226 g/mol. The summed E-state index contributed by atoms with van der Waals surface area (Å²) in [6.45, 7) is 2.36. The number of hydrogen-bond acceptors (Lipinski definition) is 2. The SMILES string of the molecule is Cc1c[n+](COc2ccc3ccccc3c2)[nH]n1. The van der Waals surface area contributed by atoms with Crippen molar-refractivity contribution in [2.24, 2.45) is 0 Å². The summed E-state index contributed by atoms with van der Waals surface area (Å²) in [5.41, 5.74) is 0.942. The molecule has 4 heteroatoms. The Morgan fingerprint density at radius 2 is 2.00 bits per heavy atom. The fourth-order valence-corrected chi connectivity index (χ4v) is 1.89. The van der Waals surface area contributed by atoms with Crippen LogP contribution in [-0.2, 0) is 6.73 Å². The Labute approximate surface area is 105 Å². The average Bonchev–Trinajstić information content (AvgIpc) is 2.82. The molecule has 0 radical (unpaired) electrons. The van der Waals surface area contributed by atoms with Crippen LogP contribution in [-0.4, -0.2) is 10.3 Å². The van der Waals surface area contributed by atoms with E-state index in [1.54, 1.807) is 4.68 Å². The van der Waals surface area contributed by atoms with Gasteiger partial charge in [0.25, 0.3) is 6.73 Å². The van der Waals surface area contributed by atoms with Crippen molar-refractivity contribution in [2.45, 2.75) is 13.7 Å². The molecule has 0 aliphatic heterocycles. The molecule has 0 saturated carbocycles. The zero-order valence-corrected chi connectivity index (χ0v) is 10.1. The third-order valence-electron chi connectivity index (χ3n) is 2.79. The van der Waals surface area contributed by atoms with Crippen molar-refractivity contribution in [3.05, 3.63) is 54.4 Å². The van der Waals surface area contributed by atoms with Crippen molar-refractivity contribution in [1.29, 1.82) is 0 Å². The summed E-state index contributed by atoms with van der Waals surface area (Å²) < 4.78 is 7.50. The van der Waals surface area contributed by atoms with Gasteiger partial charge in [0.1, 0.15) is 5.75 Å². The molecule has 3 aromatic rings. The van der Waals surface area contributed by atoms with E-state index < -0.39 is 0 Å².